The van der Waals surface area contributed by atoms with Gasteiger partial charge in [-0.3, -0.25) is 10.1 Å². The lowest BCUT2D eigenvalue weighted by Crippen LogP contribution is -2.61. The van der Waals surface area contributed by atoms with Gasteiger partial charge >= 0.3 is 0 Å². The maximum absolute atomic E-state index is 10.8. The summed E-state index contributed by atoms with van der Waals surface area (Å²) in [6, 6.07) is 0. The summed E-state index contributed by atoms with van der Waals surface area (Å²) in [6.45, 7) is 3.84. The van der Waals surface area contributed by atoms with Crippen molar-refractivity contribution < 1.29 is 15.0 Å². The van der Waals surface area contributed by atoms with Gasteiger partial charge in [0, 0.05) is 0 Å². The first-order valence-electron chi connectivity index (χ1n) is 3.40. The van der Waals surface area contributed by atoms with E-state index in [1.165, 1.54) is 27.8 Å². The van der Waals surface area contributed by atoms with Crippen LogP contribution < -0.4 is 5.32 Å². The van der Waals surface area contributed by atoms with Crippen LogP contribution in [-0.4, -0.2) is 34.4 Å². The first kappa shape index (κ1) is 10.6. The molecule has 0 aliphatic carbocycles. The molecule has 0 aromatic rings. The van der Waals surface area contributed by atoms with Gasteiger partial charge in [-0.25, -0.2) is 0 Å². The summed E-state index contributed by atoms with van der Waals surface area (Å²) < 4.78 is 0. The van der Waals surface area contributed by atoms with Crippen LogP contribution in [0.3, 0.4) is 0 Å². The molecule has 0 rings (SSSR count). The van der Waals surface area contributed by atoms with Crippen LogP contribution in [-0.2, 0) is 4.79 Å². The second kappa shape index (κ2) is 2.89. The van der Waals surface area contributed by atoms with Gasteiger partial charge in [0.15, 0.2) is 11.4 Å². The van der Waals surface area contributed by atoms with E-state index in [-0.39, 0.29) is 0 Å². The zero-order valence-electron chi connectivity index (χ0n) is 7.30. The second-order valence-corrected chi connectivity index (χ2v) is 2.95. The number of rotatable bonds is 3. The molecule has 4 nitrogen and oxygen atoms in total. The van der Waals surface area contributed by atoms with E-state index in [0.717, 1.165) is 0 Å². The Morgan fingerprint density at radius 2 is 1.73 bits per heavy atom. The lowest BCUT2D eigenvalue weighted by Gasteiger charge is -2.35. The van der Waals surface area contributed by atoms with E-state index in [0.29, 0.717) is 0 Å². The van der Waals surface area contributed by atoms with Crippen LogP contribution in [0.25, 0.3) is 0 Å². The van der Waals surface area contributed by atoms with Gasteiger partial charge < -0.3 is 10.2 Å². The number of hydrogen-bond donors (Lipinski definition) is 3. The average molecular weight is 161 g/mol. The Bertz CT molecular complexity index is 163. The van der Waals surface area contributed by atoms with Crippen LogP contribution >= 0.6 is 0 Å². The SMILES string of the molecule is CN[C@](C)(O)[C@@](C)(O)C(C)=O. The van der Waals surface area contributed by atoms with Crippen molar-refractivity contribution in [1.82, 2.24) is 5.32 Å². The van der Waals surface area contributed by atoms with Gasteiger partial charge in [0.1, 0.15) is 5.72 Å². The van der Waals surface area contributed by atoms with E-state index in [4.69, 9.17) is 0 Å². The number of carbonyl (C=O) groups is 1. The maximum Gasteiger partial charge on any atom is 0.165 e. The van der Waals surface area contributed by atoms with Crippen LogP contribution in [0.4, 0.5) is 0 Å². The summed E-state index contributed by atoms with van der Waals surface area (Å²) in [6.07, 6.45) is 0. The van der Waals surface area contributed by atoms with E-state index in [9.17, 15) is 15.0 Å². The highest BCUT2D eigenvalue weighted by Crippen LogP contribution is 2.19. The summed E-state index contributed by atoms with van der Waals surface area (Å²) in [4.78, 5) is 10.8. The summed E-state index contributed by atoms with van der Waals surface area (Å²) in [7, 11) is 1.47. The predicted octanol–water partition coefficient (Wildman–Crippen LogP) is -0.746. The molecule has 0 fully saturated rings. The Labute approximate surface area is 66.2 Å². The Balaban J connectivity index is 4.67. The molecule has 0 saturated heterocycles. The van der Waals surface area contributed by atoms with E-state index >= 15 is 0 Å². The molecule has 66 valence electrons. The van der Waals surface area contributed by atoms with Crippen LogP contribution in [0.5, 0.6) is 0 Å². The lowest BCUT2D eigenvalue weighted by atomic mass is 9.90. The first-order chi connectivity index (χ1) is 4.75. The van der Waals surface area contributed by atoms with Crippen LogP contribution in [0.2, 0.25) is 0 Å². The monoisotopic (exact) mass is 161 g/mol. The zero-order valence-corrected chi connectivity index (χ0v) is 7.30. The van der Waals surface area contributed by atoms with E-state index in [2.05, 4.69) is 5.32 Å². The maximum atomic E-state index is 10.8. The zero-order chi connectivity index (χ0) is 9.28. The number of carbonyl (C=O) groups excluding carboxylic acids is 1. The minimum atomic E-state index is -1.75. The van der Waals surface area contributed by atoms with E-state index in [1.54, 1.807) is 0 Å². The van der Waals surface area contributed by atoms with Crippen LogP contribution in [0.15, 0.2) is 0 Å². The largest absolute Gasteiger partial charge is 0.378 e. The van der Waals surface area contributed by atoms with Crippen molar-refractivity contribution in [3.63, 3.8) is 0 Å². The molecule has 0 aliphatic heterocycles. The molecule has 0 aromatic heterocycles. The highest BCUT2D eigenvalue weighted by molar-refractivity contribution is 5.85. The summed E-state index contributed by atoms with van der Waals surface area (Å²) in [5.74, 6) is -0.475. The van der Waals surface area contributed by atoms with Gasteiger partial charge in [-0.15, -0.1) is 0 Å². The molecule has 0 saturated carbocycles. The molecule has 0 aromatic carbocycles. The molecule has 3 N–H and O–H groups in total. The fourth-order valence-electron chi connectivity index (χ4n) is 0.586. The Morgan fingerprint density at radius 1 is 1.36 bits per heavy atom. The normalized spacial score (nSPS) is 22.0. The number of aliphatic hydroxyl groups is 2. The highest BCUT2D eigenvalue weighted by atomic mass is 16.4. The topological polar surface area (TPSA) is 69.6 Å². The number of nitrogens with one attached hydrogen (secondary N) is 1. The molecule has 0 aliphatic rings. The molecular weight excluding hydrogens is 146 g/mol. The molecular formula is C7H15NO3. The molecule has 11 heavy (non-hydrogen) atoms. The van der Waals surface area contributed by atoms with Crippen molar-refractivity contribution in [2.45, 2.75) is 32.1 Å². The molecule has 0 heterocycles. The Morgan fingerprint density at radius 3 is 1.82 bits per heavy atom. The van der Waals surface area contributed by atoms with Gasteiger partial charge in [0.25, 0.3) is 0 Å². The predicted molar refractivity (Wildman–Crippen MR) is 41.0 cm³/mol. The molecule has 0 bridgehead atoms. The standard InChI is InChI=1S/C7H15NO3/c1-5(9)6(2,10)7(3,11)8-4/h8,10-11H,1-4H3/t6-,7+/m0/s1. The summed E-state index contributed by atoms with van der Waals surface area (Å²) in [5, 5.41) is 21.3. The second-order valence-electron chi connectivity index (χ2n) is 2.95. The van der Waals surface area contributed by atoms with Gasteiger partial charge in [-0.1, -0.05) is 0 Å². The first-order valence-corrected chi connectivity index (χ1v) is 3.40. The minimum Gasteiger partial charge on any atom is -0.378 e. The van der Waals surface area contributed by atoms with Gasteiger partial charge in [-0.05, 0) is 27.8 Å². The highest BCUT2D eigenvalue weighted by Gasteiger charge is 2.44. The van der Waals surface area contributed by atoms with E-state index in [1.807, 2.05) is 0 Å². The minimum absolute atomic E-state index is 0.475. The lowest BCUT2D eigenvalue weighted by molar-refractivity contribution is -0.169. The Hall–Kier alpha value is -0.450. The number of hydrogen-bond acceptors (Lipinski definition) is 4. The van der Waals surface area contributed by atoms with Crippen LogP contribution in [0, 0.1) is 0 Å². The smallest absolute Gasteiger partial charge is 0.165 e. The van der Waals surface area contributed by atoms with Gasteiger partial charge in [0.2, 0.25) is 0 Å². The van der Waals surface area contributed by atoms with Crippen molar-refractivity contribution in [2.75, 3.05) is 7.05 Å². The molecule has 2 atom stereocenters. The quantitative estimate of drug-likeness (QED) is 0.476. The molecule has 0 radical (unpaired) electrons. The molecule has 4 heteroatoms. The van der Waals surface area contributed by atoms with Crippen molar-refractivity contribution in [2.24, 2.45) is 0 Å². The third-order valence-corrected chi connectivity index (χ3v) is 2.12. The third kappa shape index (κ3) is 1.77. The average Bonchev–Trinajstić information content (AvgIpc) is 1.87. The van der Waals surface area contributed by atoms with Gasteiger partial charge in [0.05, 0.1) is 0 Å². The molecule has 0 amide bonds. The molecule has 0 spiro atoms. The van der Waals surface area contributed by atoms with Crippen molar-refractivity contribution in [1.29, 1.82) is 0 Å². The van der Waals surface area contributed by atoms with Gasteiger partial charge in [-0.2, -0.15) is 0 Å². The third-order valence-electron chi connectivity index (χ3n) is 2.12. The number of likely N-dealkylation sites (N-methyl/N-ethyl adjacent to an activating group) is 1. The van der Waals surface area contributed by atoms with Crippen molar-refractivity contribution in [3.8, 4) is 0 Å². The Kier molecular flexibility index (Phi) is 2.77. The van der Waals surface area contributed by atoms with Crippen molar-refractivity contribution in [3.05, 3.63) is 0 Å². The number of ketones is 1. The van der Waals surface area contributed by atoms with Crippen LogP contribution in [0.1, 0.15) is 20.8 Å². The summed E-state index contributed by atoms with van der Waals surface area (Å²) in [5.41, 5.74) is -3.33. The molecule has 0 unspecified atom stereocenters. The summed E-state index contributed by atoms with van der Waals surface area (Å²) >= 11 is 0. The van der Waals surface area contributed by atoms with E-state index < -0.39 is 17.1 Å². The number of Topliss-reactive ketones (excluding diaryl/α,β-unsaturated/α-hetero) is 1. The fourth-order valence-corrected chi connectivity index (χ4v) is 0.586. The van der Waals surface area contributed by atoms with Crippen molar-refractivity contribution >= 4 is 5.78 Å². The fraction of sp³-hybridized carbons (Fsp3) is 0.857.